The van der Waals surface area contributed by atoms with Crippen LogP contribution in [0.2, 0.25) is 0 Å². The maximum absolute atomic E-state index is 11.2. The number of hydrogen-bond acceptors (Lipinski definition) is 5. The van der Waals surface area contributed by atoms with Crippen LogP contribution < -0.4 is 5.32 Å². The lowest BCUT2D eigenvalue weighted by atomic mass is 10.1. The van der Waals surface area contributed by atoms with Crippen LogP contribution in [0.1, 0.15) is 26.2 Å². The Morgan fingerprint density at radius 2 is 2.06 bits per heavy atom. The van der Waals surface area contributed by atoms with Crippen molar-refractivity contribution in [2.45, 2.75) is 31.8 Å². The van der Waals surface area contributed by atoms with Gasteiger partial charge >= 0.3 is 5.97 Å². The van der Waals surface area contributed by atoms with Crippen LogP contribution in [0.25, 0.3) is 0 Å². The summed E-state index contributed by atoms with van der Waals surface area (Å²) < 4.78 is 4.52. The number of nitrogens with zero attached hydrogens (tertiary/aromatic N) is 1. The van der Waals surface area contributed by atoms with Crippen molar-refractivity contribution in [1.29, 1.82) is 0 Å². The summed E-state index contributed by atoms with van der Waals surface area (Å²) in [6.07, 6.45) is 3.89. The molecule has 1 unspecified atom stereocenters. The number of ether oxygens (including phenoxy) is 1. The van der Waals surface area contributed by atoms with Crippen molar-refractivity contribution < 1.29 is 14.6 Å². The molecule has 0 bridgehead atoms. The third-order valence-electron chi connectivity index (χ3n) is 3.15. The molecule has 1 aliphatic heterocycles. The van der Waals surface area contributed by atoms with Gasteiger partial charge in [-0.1, -0.05) is 6.42 Å². The molecular formula is C12H24N2O3. The Hall–Kier alpha value is -0.650. The summed E-state index contributed by atoms with van der Waals surface area (Å²) in [7, 11) is 1.28. The fourth-order valence-corrected chi connectivity index (χ4v) is 2.04. The van der Waals surface area contributed by atoms with Gasteiger partial charge in [0.15, 0.2) is 5.60 Å². The first-order chi connectivity index (χ1) is 8.06. The molecule has 1 atom stereocenters. The number of hydrogen-bond donors (Lipinski definition) is 2. The molecule has 2 N–H and O–H groups in total. The molecule has 5 heteroatoms. The summed E-state index contributed by atoms with van der Waals surface area (Å²) in [5.74, 6) is -0.594. The Morgan fingerprint density at radius 3 is 2.65 bits per heavy atom. The van der Waals surface area contributed by atoms with Crippen LogP contribution in [0.3, 0.4) is 0 Å². The van der Waals surface area contributed by atoms with Crippen molar-refractivity contribution in [2.24, 2.45) is 0 Å². The summed E-state index contributed by atoms with van der Waals surface area (Å²) in [4.78, 5) is 13.6. The van der Waals surface area contributed by atoms with Crippen LogP contribution in [-0.2, 0) is 9.53 Å². The smallest absolute Gasteiger partial charge is 0.338 e. The van der Waals surface area contributed by atoms with E-state index in [4.69, 9.17) is 0 Å². The lowest BCUT2D eigenvalue weighted by Gasteiger charge is -2.27. The topological polar surface area (TPSA) is 61.8 Å². The predicted octanol–water partition coefficient (Wildman–Crippen LogP) is -0.0141. The second kappa shape index (κ2) is 6.93. The van der Waals surface area contributed by atoms with Crippen molar-refractivity contribution in [3.63, 3.8) is 0 Å². The SMILES string of the molecule is COC(=O)C(C)(O)CNCCN1CCCCC1. The molecule has 0 spiro atoms. The highest BCUT2D eigenvalue weighted by Crippen LogP contribution is 2.07. The molecule has 1 aliphatic rings. The van der Waals surface area contributed by atoms with Crippen LogP contribution in [0, 0.1) is 0 Å². The van der Waals surface area contributed by atoms with E-state index in [1.165, 1.54) is 33.3 Å². The maximum Gasteiger partial charge on any atom is 0.338 e. The minimum Gasteiger partial charge on any atom is -0.467 e. The Kier molecular flexibility index (Phi) is 5.88. The fourth-order valence-electron chi connectivity index (χ4n) is 2.04. The number of methoxy groups -OCH3 is 1. The van der Waals surface area contributed by atoms with Crippen LogP contribution in [0.4, 0.5) is 0 Å². The molecule has 0 amide bonds. The van der Waals surface area contributed by atoms with Gasteiger partial charge in [0.1, 0.15) is 0 Å². The zero-order valence-corrected chi connectivity index (χ0v) is 10.9. The summed E-state index contributed by atoms with van der Waals surface area (Å²) in [5, 5.41) is 12.9. The van der Waals surface area contributed by atoms with Gasteiger partial charge in [0.05, 0.1) is 7.11 Å². The first-order valence-electron chi connectivity index (χ1n) is 6.30. The number of carbonyl (C=O) groups is 1. The molecule has 0 aromatic rings. The molecule has 100 valence electrons. The molecule has 1 heterocycles. The van der Waals surface area contributed by atoms with Gasteiger partial charge in [0.25, 0.3) is 0 Å². The molecule has 1 fully saturated rings. The lowest BCUT2D eigenvalue weighted by Crippen LogP contribution is -2.47. The number of likely N-dealkylation sites (tertiary alicyclic amines) is 1. The van der Waals surface area contributed by atoms with E-state index in [2.05, 4.69) is 15.0 Å². The number of piperidine rings is 1. The third-order valence-corrected chi connectivity index (χ3v) is 3.15. The van der Waals surface area contributed by atoms with Gasteiger partial charge in [-0.05, 0) is 32.9 Å². The van der Waals surface area contributed by atoms with Gasteiger partial charge < -0.3 is 20.1 Å². The highest BCUT2D eigenvalue weighted by atomic mass is 16.5. The van der Waals surface area contributed by atoms with Crippen LogP contribution in [0.5, 0.6) is 0 Å². The van der Waals surface area contributed by atoms with E-state index in [0.29, 0.717) is 0 Å². The highest BCUT2D eigenvalue weighted by molar-refractivity contribution is 5.78. The van der Waals surface area contributed by atoms with Gasteiger partial charge in [0.2, 0.25) is 0 Å². The maximum atomic E-state index is 11.2. The average Bonchev–Trinajstić information content (AvgIpc) is 2.35. The van der Waals surface area contributed by atoms with E-state index in [1.54, 1.807) is 0 Å². The minimum absolute atomic E-state index is 0.230. The number of carbonyl (C=O) groups excluding carboxylic acids is 1. The summed E-state index contributed by atoms with van der Waals surface area (Å²) >= 11 is 0. The molecule has 5 nitrogen and oxygen atoms in total. The normalized spacial score (nSPS) is 20.9. The number of esters is 1. The van der Waals surface area contributed by atoms with E-state index < -0.39 is 11.6 Å². The van der Waals surface area contributed by atoms with Crippen LogP contribution in [-0.4, -0.2) is 61.4 Å². The second-order valence-corrected chi connectivity index (χ2v) is 4.84. The van der Waals surface area contributed by atoms with E-state index in [9.17, 15) is 9.90 Å². The molecule has 1 saturated heterocycles. The monoisotopic (exact) mass is 244 g/mol. The summed E-state index contributed by atoms with van der Waals surface area (Å²) in [6, 6.07) is 0. The van der Waals surface area contributed by atoms with E-state index in [-0.39, 0.29) is 6.54 Å². The zero-order chi connectivity index (χ0) is 12.7. The largest absolute Gasteiger partial charge is 0.467 e. The molecule has 0 aromatic carbocycles. The van der Waals surface area contributed by atoms with Gasteiger partial charge in [0, 0.05) is 19.6 Å². The molecule has 0 saturated carbocycles. The molecule has 0 radical (unpaired) electrons. The van der Waals surface area contributed by atoms with Crippen molar-refractivity contribution >= 4 is 5.97 Å². The minimum atomic E-state index is -1.43. The highest BCUT2D eigenvalue weighted by Gasteiger charge is 2.30. The van der Waals surface area contributed by atoms with Crippen molar-refractivity contribution in [2.75, 3.05) is 39.8 Å². The van der Waals surface area contributed by atoms with E-state index in [1.807, 2.05) is 0 Å². The summed E-state index contributed by atoms with van der Waals surface area (Å²) in [5.41, 5.74) is -1.43. The van der Waals surface area contributed by atoms with Crippen molar-refractivity contribution in [3.8, 4) is 0 Å². The molecular weight excluding hydrogens is 220 g/mol. The van der Waals surface area contributed by atoms with Crippen molar-refractivity contribution in [1.82, 2.24) is 10.2 Å². The Labute approximate surface area is 103 Å². The average molecular weight is 244 g/mol. The molecule has 1 rings (SSSR count). The van der Waals surface area contributed by atoms with Crippen LogP contribution >= 0.6 is 0 Å². The number of nitrogens with one attached hydrogen (secondary N) is 1. The Bertz CT molecular complexity index is 238. The van der Waals surface area contributed by atoms with Crippen molar-refractivity contribution in [3.05, 3.63) is 0 Å². The van der Waals surface area contributed by atoms with Crippen LogP contribution in [0.15, 0.2) is 0 Å². The number of rotatable bonds is 6. The van der Waals surface area contributed by atoms with E-state index in [0.717, 1.165) is 26.2 Å². The Morgan fingerprint density at radius 1 is 1.41 bits per heavy atom. The first kappa shape index (κ1) is 14.4. The van der Waals surface area contributed by atoms with Gasteiger partial charge in [-0.3, -0.25) is 0 Å². The second-order valence-electron chi connectivity index (χ2n) is 4.84. The first-order valence-corrected chi connectivity index (χ1v) is 6.30. The summed E-state index contributed by atoms with van der Waals surface area (Å²) in [6.45, 7) is 5.77. The third kappa shape index (κ3) is 5.02. The quantitative estimate of drug-likeness (QED) is 0.508. The fraction of sp³-hybridized carbons (Fsp3) is 0.917. The number of aliphatic hydroxyl groups is 1. The van der Waals surface area contributed by atoms with Gasteiger partial charge in [-0.25, -0.2) is 4.79 Å². The molecule has 0 aliphatic carbocycles. The standard InChI is InChI=1S/C12H24N2O3/c1-12(16,11(15)17-2)10-13-6-9-14-7-4-3-5-8-14/h13,16H,3-10H2,1-2H3. The zero-order valence-electron chi connectivity index (χ0n) is 10.9. The molecule has 0 aromatic heterocycles. The predicted molar refractivity (Wildman–Crippen MR) is 65.8 cm³/mol. The van der Waals surface area contributed by atoms with E-state index >= 15 is 0 Å². The Balaban J connectivity index is 2.12. The lowest BCUT2D eigenvalue weighted by molar-refractivity contribution is -0.159. The molecule has 17 heavy (non-hydrogen) atoms. The van der Waals surface area contributed by atoms with Gasteiger partial charge in [-0.15, -0.1) is 0 Å². The van der Waals surface area contributed by atoms with Gasteiger partial charge in [-0.2, -0.15) is 0 Å².